The van der Waals surface area contributed by atoms with Gasteiger partial charge in [-0.1, -0.05) is 0 Å². The van der Waals surface area contributed by atoms with Crippen molar-refractivity contribution >= 4 is 21.5 Å². The zero-order valence-electron chi connectivity index (χ0n) is 12.9. The molecule has 0 bridgehead atoms. The first-order chi connectivity index (χ1) is 11.1. The maximum absolute atomic E-state index is 12.6. The first-order valence-corrected chi connectivity index (χ1v) is 8.81. The van der Waals surface area contributed by atoms with Crippen LogP contribution in [0.1, 0.15) is 0 Å². The predicted octanol–water partition coefficient (Wildman–Crippen LogP) is 1.16. The van der Waals surface area contributed by atoms with E-state index in [-0.39, 0.29) is 4.90 Å². The van der Waals surface area contributed by atoms with Crippen molar-refractivity contribution < 1.29 is 8.42 Å². The Hall–Kier alpha value is -2.03. The maximum Gasteiger partial charge on any atom is 0.244 e. The average molecular weight is 333 g/mol. The molecule has 2 aromatic rings. The molecular weight excluding hydrogens is 314 g/mol. The van der Waals surface area contributed by atoms with Crippen LogP contribution in [0.5, 0.6) is 0 Å². The SMILES string of the molecule is CN1CCN(S(=O)(=O)c2ccc(Nc3ccncc3)nc2)CC1. The topological polar surface area (TPSA) is 78.4 Å². The molecule has 1 fully saturated rings. The van der Waals surface area contributed by atoms with Crippen molar-refractivity contribution in [2.24, 2.45) is 0 Å². The summed E-state index contributed by atoms with van der Waals surface area (Å²) in [4.78, 5) is 10.5. The molecule has 1 N–H and O–H groups in total. The van der Waals surface area contributed by atoms with Crippen molar-refractivity contribution in [2.75, 3.05) is 38.5 Å². The van der Waals surface area contributed by atoms with Crippen LogP contribution in [0, 0.1) is 0 Å². The molecule has 0 amide bonds. The van der Waals surface area contributed by atoms with Crippen LogP contribution in [0.15, 0.2) is 47.8 Å². The maximum atomic E-state index is 12.6. The summed E-state index contributed by atoms with van der Waals surface area (Å²) in [6.45, 7) is 2.51. The van der Waals surface area contributed by atoms with Gasteiger partial charge in [-0.3, -0.25) is 4.98 Å². The summed E-state index contributed by atoms with van der Waals surface area (Å²) < 4.78 is 26.7. The Morgan fingerprint density at radius 1 is 1.04 bits per heavy atom. The first kappa shape index (κ1) is 15.9. The van der Waals surface area contributed by atoms with Crippen LogP contribution in [0.4, 0.5) is 11.5 Å². The molecule has 0 radical (unpaired) electrons. The predicted molar refractivity (Wildman–Crippen MR) is 88.0 cm³/mol. The molecule has 7 nitrogen and oxygen atoms in total. The Morgan fingerprint density at radius 2 is 1.74 bits per heavy atom. The molecule has 3 rings (SSSR count). The molecule has 0 aromatic carbocycles. The van der Waals surface area contributed by atoms with Crippen molar-refractivity contribution in [1.29, 1.82) is 0 Å². The van der Waals surface area contributed by atoms with Crippen molar-refractivity contribution in [3.05, 3.63) is 42.9 Å². The van der Waals surface area contributed by atoms with Gasteiger partial charge in [-0.2, -0.15) is 4.31 Å². The van der Waals surface area contributed by atoms with E-state index in [0.717, 1.165) is 18.8 Å². The second-order valence-corrected chi connectivity index (χ2v) is 7.39. The highest BCUT2D eigenvalue weighted by atomic mass is 32.2. The van der Waals surface area contributed by atoms with E-state index in [1.54, 1.807) is 24.5 Å². The number of rotatable bonds is 4. The zero-order valence-corrected chi connectivity index (χ0v) is 13.7. The monoisotopic (exact) mass is 333 g/mol. The summed E-state index contributed by atoms with van der Waals surface area (Å²) >= 11 is 0. The standard InChI is InChI=1S/C15H19N5O2S/c1-19-8-10-20(11-9-19)23(21,22)14-2-3-15(17-12-14)18-13-4-6-16-7-5-13/h2-7,12H,8-11H2,1H3,(H,16,17,18). The number of nitrogens with zero attached hydrogens (tertiary/aromatic N) is 4. The van der Waals surface area contributed by atoms with E-state index in [4.69, 9.17) is 0 Å². The molecule has 1 saturated heterocycles. The van der Waals surface area contributed by atoms with E-state index >= 15 is 0 Å². The molecule has 8 heteroatoms. The molecule has 23 heavy (non-hydrogen) atoms. The quantitative estimate of drug-likeness (QED) is 0.904. The van der Waals surface area contributed by atoms with E-state index in [9.17, 15) is 8.42 Å². The average Bonchev–Trinajstić information content (AvgIpc) is 2.57. The molecule has 1 aliphatic rings. The van der Waals surface area contributed by atoms with Crippen molar-refractivity contribution in [1.82, 2.24) is 19.2 Å². The number of piperazine rings is 1. The smallest absolute Gasteiger partial charge is 0.244 e. The van der Waals surface area contributed by atoms with Gasteiger partial charge in [0.05, 0.1) is 0 Å². The minimum absolute atomic E-state index is 0.224. The fourth-order valence-electron chi connectivity index (χ4n) is 2.37. The molecule has 0 atom stereocenters. The minimum atomic E-state index is -3.47. The Bertz CT molecular complexity index is 741. The van der Waals surface area contributed by atoms with Crippen LogP contribution in [0.25, 0.3) is 0 Å². The van der Waals surface area contributed by atoms with E-state index in [0.29, 0.717) is 18.9 Å². The largest absolute Gasteiger partial charge is 0.340 e. The third-order valence-electron chi connectivity index (χ3n) is 3.79. The van der Waals surface area contributed by atoms with Gasteiger partial charge in [-0.25, -0.2) is 13.4 Å². The Balaban J connectivity index is 1.73. The summed E-state index contributed by atoms with van der Waals surface area (Å²) in [5.74, 6) is 0.591. The lowest BCUT2D eigenvalue weighted by atomic mass is 10.4. The number of hydrogen-bond acceptors (Lipinski definition) is 6. The second kappa shape index (κ2) is 6.61. The third-order valence-corrected chi connectivity index (χ3v) is 5.67. The lowest BCUT2D eigenvalue weighted by Gasteiger charge is -2.31. The van der Waals surface area contributed by atoms with Crippen molar-refractivity contribution in [3.63, 3.8) is 0 Å². The highest BCUT2D eigenvalue weighted by Gasteiger charge is 2.27. The fraction of sp³-hybridized carbons (Fsp3) is 0.333. The number of anilines is 2. The molecule has 0 saturated carbocycles. The molecule has 1 aliphatic heterocycles. The second-order valence-electron chi connectivity index (χ2n) is 5.45. The summed E-state index contributed by atoms with van der Waals surface area (Å²) in [6.07, 6.45) is 4.75. The van der Waals surface area contributed by atoms with Gasteiger partial charge < -0.3 is 10.2 Å². The minimum Gasteiger partial charge on any atom is -0.340 e. The fourth-order valence-corrected chi connectivity index (χ4v) is 3.74. The van der Waals surface area contributed by atoms with E-state index in [1.165, 1.54) is 10.5 Å². The van der Waals surface area contributed by atoms with Gasteiger partial charge in [0.25, 0.3) is 0 Å². The van der Waals surface area contributed by atoms with Crippen LogP contribution in [0.2, 0.25) is 0 Å². The van der Waals surface area contributed by atoms with Gasteiger partial charge in [0.15, 0.2) is 0 Å². The van der Waals surface area contributed by atoms with Gasteiger partial charge in [-0.05, 0) is 31.3 Å². The highest BCUT2D eigenvalue weighted by molar-refractivity contribution is 7.89. The Labute approximate surface area is 136 Å². The molecule has 2 aromatic heterocycles. The number of likely N-dealkylation sites (N-methyl/N-ethyl adjacent to an activating group) is 1. The summed E-state index contributed by atoms with van der Waals surface area (Å²) in [5, 5.41) is 3.10. The van der Waals surface area contributed by atoms with Gasteiger partial charge in [0.1, 0.15) is 10.7 Å². The lowest BCUT2D eigenvalue weighted by molar-refractivity contribution is 0.222. The molecule has 122 valence electrons. The number of sulfonamides is 1. The molecule has 3 heterocycles. The van der Waals surface area contributed by atoms with Crippen LogP contribution in [-0.2, 0) is 10.0 Å². The van der Waals surface area contributed by atoms with Crippen LogP contribution >= 0.6 is 0 Å². The van der Waals surface area contributed by atoms with E-state index in [1.807, 2.05) is 19.2 Å². The summed E-state index contributed by atoms with van der Waals surface area (Å²) in [5.41, 5.74) is 0.849. The van der Waals surface area contributed by atoms with E-state index < -0.39 is 10.0 Å². The number of pyridine rings is 2. The Morgan fingerprint density at radius 3 is 2.35 bits per heavy atom. The van der Waals surface area contributed by atoms with Gasteiger partial charge >= 0.3 is 0 Å². The van der Waals surface area contributed by atoms with Crippen LogP contribution in [0.3, 0.4) is 0 Å². The zero-order chi connectivity index (χ0) is 16.3. The summed E-state index contributed by atoms with van der Waals surface area (Å²) in [6, 6.07) is 6.89. The normalized spacial score (nSPS) is 17.1. The molecule has 0 spiro atoms. The number of hydrogen-bond donors (Lipinski definition) is 1. The van der Waals surface area contributed by atoms with Gasteiger partial charge in [-0.15, -0.1) is 0 Å². The molecular formula is C15H19N5O2S. The molecule has 0 unspecified atom stereocenters. The third kappa shape index (κ3) is 3.66. The molecule has 0 aliphatic carbocycles. The van der Waals surface area contributed by atoms with E-state index in [2.05, 4.69) is 20.2 Å². The number of aromatic nitrogens is 2. The van der Waals surface area contributed by atoms with Crippen molar-refractivity contribution in [3.8, 4) is 0 Å². The van der Waals surface area contributed by atoms with Crippen LogP contribution < -0.4 is 5.32 Å². The van der Waals surface area contributed by atoms with Gasteiger partial charge in [0, 0.05) is 50.5 Å². The van der Waals surface area contributed by atoms with Crippen molar-refractivity contribution in [2.45, 2.75) is 4.90 Å². The number of nitrogens with one attached hydrogen (secondary N) is 1. The first-order valence-electron chi connectivity index (χ1n) is 7.37. The van der Waals surface area contributed by atoms with Crippen LogP contribution in [-0.4, -0.2) is 60.8 Å². The lowest BCUT2D eigenvalue weighted by Crippen LogP contribution is -2.47. The summed E-state index contributed by atoms with van der Waals surface area (Å²) in [7, 11) is -1.48. The van der Waals surface area contributed by atoms with Gasteiger partial charge in [0.2, 0.25) is 10.0 Å². The highest BCUT2D eigenvalue weighted by Crippen LogP contribution is 2.19. The Kier molecular flexibility index (Phi) is 4.56.